The van der Waals surface area contributed by atoms with Crippen molar-refractivity contribution in [3.05, 3.63) is 188 Å². The lowest BCUT2D eigenvalue weighted by atomic mass is 9.41. The van der Waals surface area contributed by atoms with Crippen molar-refractivity contribution in [1.82, 2.24) is 0 Å². The van der Waals surface area contributed by atoms with Gasteiger partial charge >= 0.3 is 6.85 Å². The van der Waals surface area contributed by atoms with Gasteiger partial charge in [0.1, 0.15) is 0 Å². The first-order chi connectivity index (χ1) is 25.3. The van der Waals surface area contributed by atoms with Crippen LogP contribution in [-0.2, 0) is 0 Å². The molecule has 0 N–H and O–H groups in total. The minimum atomic E-state index is 0.0349. The lowest BCUT2D eigenvalue weighted by molar-refractivity contribution is 1.26. The lowest BCUT2D eigenvalue weighted by Gasteiger charge is -2.49. The van der Waals surface area contributed by atoms with Crippen molar-refractivity contribution in [1.29, 1.82) is 0 Å². The van der Waals surface area contributed by atoms with Crippen LogP contribution in [0.15, 0.2) is 188 Å². The van der Waals surface area contributed by atoms with Crippen molar-refractivity contribution in [3.8, 4) is 55.6 Å². The maximum absolute atomic E-state index is 2.62. The molecule has 0 saturated heterocycles. The van der Waals surface area contributed by atoms with Crippen LogP contribution < -0.4 is 20.6 Å². The fraction of sp³-hybridized carbons (Fsp3) is 0. The van der Waals surface area contributed by atoms with Gasteiger partial charge in [-0.1, -0.05) is 158 Å². The third-order valence-corrected chi connectivity index (χ3v) is 11.0. The van der Waals surface area contributed by atoms with Crippen LogP contribution in [0.4, 0.5) is 28.4 Å². The molecule has 0 atom stereocenters. The van der Waals surface area contributed by atoms with E-state index >= 15 is 0 Å². The largest absolute Gasteiger partial charge is 0.376 e. The molecule has 8 aromatic rings. The number of para-hydroxylation sites is 2. The van der Waals surface area contributed by atoms with Gasteiger partial charge in [-0.2, -0.15) is 0 Å². The van der Waals surface area contributed by atoms with E-state index in [1.807, 2.05) is 0 Å². The number of anilines is 5. The summed E-state index contributed by atoms with van der Waals surface area (Å²) in [5.74, 6) is 0. The van der Waals surface area contributed by atoms with E-state index in [0.717, 1.165) is 0 Å². The van der Waals surface area contributed by atoms with Crippen molar-refractivity contribution >= 4 is 46.2 Å². The molecule has 3 aliphatic rings. The molecular formula is C48H31BN2. The monoisotopic (exact) mass is 646 g/mol. The molecule has 0 amide bonds. The second kappa shape index (κ2) is 11.0. The average Bonchev–Trinajstić information content (AvgIpc) is 3.21. The summed E-state index contributed by atoms with van der Waals surface area (Å²) in [6.07, 6.45) is 0. The molecule has 3 aliphatic heterocycles. The van der Waals surface area contributed by atoms with Crippen LogP contribution in [0.25, 0.3) is 55.6 Å². The number of rotatable bonds is 4. The van der Waals surface area contributed by atoms with Crippen LogP contribution in [0, 0.1) is 0 Å². The molecule has 2 nitrogen and oxygen atoms in total. The molecule has 3 heteroatoms. The fourth-order valence-corrected chi connectivity index (χ4v) is 8.89. The van der Waals surface area contributed by atoms with Crippen LogP contribution in [0.1, 0.15) is 0 Å². The first-order valence-electron chi connectivity index (χ1n) is 17.7. The van der Waals surface area contributed by atoms with Gasteiger partial charge in [-0.3, -0.25) is 0 Å². The van der Waals surface area contributed by atoms with E-state index < -0.39 is 0 Å². The Morgan fingerprint density at radius 2 is 0.745 bits per heavy atom. The molecule has 236 valence electrons. The van der Waals surface area contributed by atoms with E-state index in [1.54, 1.807) is 0 Å². The smallest absolute Gasteiger partial charge is 0.333 e. The second-order valence-corrected chi connectivity index (χ2v) is 13.6. The number of hydrogen-bond acceptors (Lipinski definition) is 2. The highest BCUT2D eigenvalue weighted by atomic mass is 15.2. The van der Waals surface area contributed by atoms with E-state index in [4.69, 9.17) is 0 Å². The minimum Gasteiger partial charge on any atom is -0.376 e. The van der Waals surface area contributed by atoms with Crippen LogP contribution in [0.3, 0.4) is 0 Å². The van der Waals surface area contributed by atoms with Gasteiger partial charge in [0.15, 0.2) is 0 Å². The Morgan fingerprint density at radius 3 is 1.37 bits per heavy atom. The van der Waals surface area contributed by atoms with Gasteiger partial charge in [-0.15, -0.1) is 0 Å². The zero-order valence-corrected chi connectivity index (χ0v) is 27.9. The van der Waals surface area contributed by atoms with E-state index in [2.05, 4.69) is 198 Å². The van der Waals surface area contributed by atoms with E-state index in [9.17, 15) is 0 Å². The molecule has 0 fully saturated rings. The number of nitrogens with zero attached hydrogens (tertiary/aromatic N) is 2. The third-order valence-electron chi connectivity index (χ3n) is 11.0. The molecule has 0 spiro atoms. The van der Waals surface area contributed by atoms with Gasteiger partial charge in [-0.25, -0.2) is 0 Å². The molecule has 51 heavy (non-hydrogen) atoms. The van der Waals surface area contributed by atoms with Crippen LogP contribution in [0.5, 0.6) is 0 Å². The molecule has 11 rings (SSSR count). The summed E-state index contributed by atoms with van der Waals surface area (Å²) in [5.41, 5.74) is 21.3. The van der Waals surface area contributed by atoms with Crippen molar-refractivity contribution in [2.24, 2.45) is 0 Å². The molecule has 0 unspecified atom stereocenters. The predicted octanol–water partition coefficient (Wildman–Crippen LogP) is 11.4. The zero-order chi connectivity index (χ0) is 33.5. The van der Waals surface area contributed by atoms with E-state index in [1.165, 1.54) is 95.0 Å². The van der Waals surface area contributed by atoms with Crippen LogP contribution >= 0.6 is 0 Å². The van der Waals surface area contributed by atoms with E-state index in [-0.39, 0.29) is 6.85 Å². The summed E-state index contributed by atoms with van der Waals surface area (Å²) < 4.78 is 0. The highest BCUT2D eigenvalue weighted by Crippen LogP contribution is 2.54. The molecule has 0 aliphatic carbocycles. The van der Waals surface area contributed by atoms with Crippen molar-refractivity contribution in [3.63, 3.8) is 0 Å². The van der Waals surface area contributed by atoms with Crippen LogP contribution in [-0.4, -0.2) is 6.85 Å². The Bertz CT molecular complexity index is 2590. The Hall–Kier alpha value is -6.58. The Kier molecular flexibility index (Phi) is 6.08. The highest BCUT2D eigenvalue weighted by Gasteiger charge is 2.49. The fourth-order valence-electron chi connectivity index (χ4n) is 8.89. The summed E-state index contributed by atoms with van der Waals surface area (Å²) in [6, 6.07) is 69.2. The standard InChI is InChI=1S/C48H31BN2/c1-4-15-32(16-5-1)35-29-30-43-41(31-35)40-25-14-28-45-47(40)49-46-39(38-21-10-11-26-42(38)51(43)49)24-13-27-44(46)50(45)48-36(33-17-6-2-7-18-33)22-12-23-37(48)34-19-8-3-9-20-34/h1-31H. The third kappa shape index (κ3) is 4.06. The van der Waals surface area contributed by atoms with Gasteiger partial charge in [0.05, 0.1) is 5.69 Å². The second-order valence-electron chi connectivity index (χ2n) is 13.6. The quantitative estimate of drug-likeness (QED) is 0.176. The molecule has 8 aromatic carbocycles. The summed E-state index contributed by atoms with van der Waals surface area (Å²) >= 11 is 0. The lowest BCUT2D eigenvalue weighted by Crippen LogP contribution is -2.63. The summed E-state index contributed by atoms with van der Waals surface area (Å²) in [6.45, 7) is 0.0349. The molecule has 0 aromatic heterocycles. The van der Waals surface area contributed by atoms with Crippen molar-refractivity contribution in [2.45, 2.75) is 0 Å². The van der Waals surface area contributed by atoms with Crippen LogP contribution in [0.2, 0.25) is 0 Å². The molecule has 3 heterocycles. The van der Waals surface area contributed by atoms with Crippen molar-refractivity contribution in [2.75, 3.05) is 9.71 Å². The molecule has 0 saturated carbocycles. The first-order valence-corrected chi connectivity index (χ1v) is 17.7. The Labute approximate surface area is 298 Å². The zero-order valence-electron chi connectivity index (χ0n) is 27.9. The average molecular weight is 647 g/mol. The first kappa shape index (κ1) is 28.3. The van der Waals surface area contributed by atoms with Gasteiger partial charge in [0.25, 0.3) is 0 Å². The summed E-state index contributed by atoms with van der Waals surface area (Å²) in [7, 11) is 0. The maximum atomic E-state index is 2.62. The predicted molar refractivity (Wildman–Crippen MR) is 215 cm³/mol. The van der Waals surface area contributed by atoms with Gasteiger partial charge in [0.2, 0.25) is 0 Å². The Morgan fingerprint density at radius 1 is 0.294 bits per heavy atom. The van der Waals surface area contributed by atoms with Gasteiger partial charge in [0, 0.05) is 45.0 Å². The molecule has 0 bridgehead atoms. The number of benzene rings is 8. The van der Waals surface area contributed by atoms with E-state index in [0.29, 0.717) is 0 Å². The Balaban J connectivity index is 1.27. The normalized spacial score (nSPS) is 13.0. The van der Waals surface area contributed by atoms with Crippen molar-refractivity contribution < 1.29 is 0 Å². The summed E-state index contributed by atoms with van der Waals surface area (Å²) in [5, 5.41) is 0. The molecule has 0 radical (unpaired) electrons. The van der Waals surface area contributed by atoms with Gasteiger partial charge in [-0.05, 0) is 74.6 Å². The topological polar surface area (TPSA) is 6.48 Å². The maximum Gasteiger partial charge on any atom is 0.333 e. The number of hydrogen-bond donors (Lipinski definition) is 0. The van der Waals surface area contributed by atoms with Gasteiger partial charge < -0.3 is 9.71 Å². The SMILES string of the molecule is c1ccc(-c2ccc3c(c2)-c2cccc4c2B2c5c(cccc5N4c4c(-c5ccccc5)cccc4-c4ccccc4)-c4ccccc4N23)cc1. The molecular weight excluding hydrogens is 615 g/mol. The number of fused-ring (bicyclic) bond motifs is 6. The highest BCUT2D eigenvalue weighted by molar-refractivity contribution is 6.95. The summed E-state index contributed by atoms with van der Waals surface area (Å²) in [4.78, 5) is 5.20. The minimum absolute atomic E-state index is 0.0349.